The van der Waals surface area contributed by atoms with Crippen LogP contribution in [0.5, 0.6) is 11.6 Å². The van der Waals surface area contributed by atoms with Crippen molar-refractivity contribution in [1.82, 2.24) is 29.6 Å². The van der Waals surface area contributed by atoms with Gasteiger partial charge in [-0.15, -0.1) is 0 Å². The van der Waals surface area contributed by atoms with E-state index in [-0.39, 0.29) is 22.9 Å². The number of aromatic nitrogens is 4. The molecule has 3 aromatic rings. The molecule has 2 amide bonds. The summed E-state index contributed by atoms with van der Waals surface area (Å²) in [6.45, 7) is 2.42. The van der Waals surface area contributed by atoms with Gasteiger partial charge in [-0.3, -0.25) is 4.98 Å². The number of pyridine rings is 1. The number of rotatable bonds is 10. The van der Waals surface area contributed by atoms with Gasteiger partial charge in [0.05, 0.1) is 37.5 Å². The van der Waals surface area contributed by atoms with Crippen LogP contribution in [0.15, 0.2) is 24.7 Å². The molecule has 41 heavy (non-hydrogen) atoms. The number of halogens is 8. The lowest BCUT2D eigenvalue weighted by atomic mass is 10.1. The molecule has 0 aliphatic carbocycles. The third-order valence-corrected chi connectivity index (χ3v) is 5.99. The van der Waals surface area contributed by atoms with Gasteiger partial charge in [0.15, 0.2) is 0 Å². The van der Waals surface area contributed by atoms with Crippen molar-refractivity contribution in [2.75, 3.05) is 20.8 Å². The van der Waals surface area contributed by atoms with Gasteiger partial charge in [0.1, 0.15) is 17.8 Å². The summed E-state index contributed by atoms with van der Waals surface area (Å²) in [5, 5.41) is 1.43. The molecule has 9 nitrogen and oxygen atoms in total. The van der Waals surface area contributed by atoms with Gasteiger partial charge in [-0.1, -0.05) is 0 Å². The highest BCUT2D eigenvalue weighted by Crippen LogP contribution is 2.36. The molecule has 0 bridgehead atoms. The SMILES string of the molecule is CCN(C(=O)NC(CCC(F)(F)F)C(F)(F)F)C(c1cc(-c2cn3cc(C)nc3c(OC)n2)c(OC)cn1)C(F)F. The summed E-state index contributed by atoms with van der Waals surface area (Å²) in [4.78, 5) is 25.7. The maximum atomic E-state index is 14.4. The van der Waals surface area contributed by atoms with E-state index in [1.54, 1.807) is 17.5 Å². The number of alkyl halides is 8. The summed E-state index contributed by atoms with van der Waals surface area (Å²) in [5.74, 6) is 0.178. The maximum absolute atomic E-state index is 14.4. The van der Waals surface area contributed by atoms with E-state index in [0.29, 0.717) is 16.2 Å². The second-order valence-electron chi connectivity index (χ2n) is 8.82. The van der Waals surface area contributed by atoms with Crippen LogP contribution in [-0.4, -0.2) is 75.9 Å². The Morgan fingerprint density at radius 2 is 1.78 bits per heavy atom. The Labute approximate surface area is 228 Å². The molecule has 0 aliphatic rings. The summed E-state index contributed by atoms with van der Waals surface area (Å²) in [6.07, 6.45) is -12.7. The molecule has 3 aromatic heterocycles. The van der Waals surface area contributed by atoms with Gasteiger partial charge < -0.3 is 24.1 Å². The van der Waals surface area contributed by atoms with Gasteiger partial charge >= 0.3 is 18.4 Å². The summed E-state index contributed by atoms with van der Waals surface area (Å²) < 4.78 is 119. The highest BCUT2D eigenvalue weighted by Gasteiger charge is 2.44. The van der Waals surface area contributed by atoms with Gasteiger partial charge in [0, 0.05) is 30.9 Å². The monoisotopic (exact) mass is 598 g/mol. The van der Waals surface area contributed by atoms with Crippen LogP contribution in [0.3, 0.4) is 0 Å². The molecular weight excluding hydrogens is 572 g/mol. The van der Waals surface area contributed by atoms with Crippen LogP contribution in [0.1, 0.15) is 37.2 Å². The number of amides is 2. The standard InChI is InChI=1S/C24H26F8N6O3/c1-5-38(22(39)36-17(24(30,31)32)6-7-23(27,28)29)18(19(25)26)14-8-13(16(40-3)9-33-14)15-11-37-10-12(2)34-20(37)21(35-15)41-4/h8-11,17-19H,5-7H2,1-4H3,(H,36,39). The summed E-state index contributed by atoms with van der Waals surface area (Å²) in [5.41, 5.74) is 0.848. The molecule has 3 heterocycles. The first kappa shape index (κ1) is 31.6. The van der Waals surface area contributed by atoms with Crippen molar-refractivity contribution in [3.05, 3.63) is 36.0 Å². The van der Waals surface area contributed by atoms with Gasteiger partial charge in [-0.25, -0.2) is 23.5 Å². The summed E-state index contributed by atoms with van der Waals surface area (Å²) >= 11 is 0. The van der Waals surface area contributed by atoms with Crippen molar-refractivity contribution in [3.63, 3.8) is 0 Å². The first-order valence-corrected chi connectivity index (χ1v) is 12.0. The number of nitrogens with zero attached hydrogens (tertiary/aromatic N) is 5. The number of ether oxygens (including phenoxy) is 2. The zero-order chi connectivity index (χ0) is 30.7. The highest BCUT2D eigenvalue weighted by atomic mass is 19.4. The Hall–Kier alpha value is -3.92. The normalized spacial score (nSPS) is 13.8. The van der Waals surface area contributed by atoms with E-state index in [0.717, 1.165) is 12.3 Å². The van der Waals surface area contributed by atoms with E-state index in [2.05, 4.69) is 15.0 Å². The molecule has 0 fully saturated rings. The Balaban J connectivity index is 2.03. The van der Waals surface area contributed by atoms with E-state index < -0.39 is 62.0 Å². The van der Waals surface area contributed by atoms with Crippen molar-refractivity contribution in [3.8, 4) is 22.9 Å². The quantitative estimate of drug-likeness (QED) is 0.300. The number of imidazole rings is 1. The minimum Gasteiger partial charge on any atom is -0.494 e. The van der Waals surface area contributed by atoms with Crippen LogP contribution in [0.2, 0.25) is 0 Å². The molecular formula is C24H26F8N6O3. The molecule has 1 N–H and O–H groups in total. The zero-order valence-electron chi connectivity index (χ0n) is 22.1. The van der Waals surface area contributed by atoms with Crippen LogP contribution in [0.25, 0.3) is 16.9 Å². The summed E-state index contributed by atoms with van der Waals surface area (Å²) in [6, 6.07) is -5.61. The molecule has 17 heteroatoms. The van der Waals surface area contributed by atoms with Gasteiger partial charge in [-0.05, 0) is 26.3 Å². The second-order valence-corrected chi connectivity index (χ2v) is 8.82. The van der Waals surface area contributed by atoms with Gasteiger partial charge in [0.2, 0.25) is 5.65 Å². The number of aryl methyl sites for hydroxylation is 1. The fraction of sp³-hybridized carbons (Fsp3) is 0.500. The predicted octanol–water partition coefficient (Wildman–Crippen LogP) is 5.73. The largest absolute Gasteiger partial charge is 0.494 e. The van der Waals surface area contributed by atoms with Crippen LogP contribution >= 0.6 is 0 Å². The van der Waals surface area contributed by atoms with E-state index in [4.69, 9.17) is 9.47 Å². The summed E-state index contributed by atoms with van der Waals surface area (Å²) in [7, 11) is 2.63. The first-order chi connectivity index (χ1) is 19.1. The maximum Gasteiger partial charge on any atom is 0.408 e. The molecule has 0 aliphatic heterocycles. The number of hydrogen-bond acceptors (Lipinski definition) is 6. The van der Waals surface area contributed by atoms with Crippen molar-refractivity contribution < 1.29 is 49.4 Å². The lowest BCUT2D eigenvalue weighted by Gasteiger charge is -2.32. The lowest BCUT2D eigenvalue weighted by Crippen LogP contribution is -2.52. The van der Waals surface area contributed by atoms with Gasteiger partial charge in [0.25, 0.3) is 12.3 Å². The smallest absolute Gasteiger partial charge is 0.408 e. The van der Waals surface area contributed by atoms with Crippen molar-refractivity contribution >= 4 is 11.7 Å². The van der Waals surface area contributed by atoms with E-state index in [1.807, 2.05) is 0 Å². The molecule has 0 saturated heterocycles. The highest BCUT2D eigenvalue weighted by molar-refractivity contribution is 5.75. The zero-order valence-corrected chi connectivity index (χ0v) is 22.1. The average molecular weight is 598 g/mol. The molecule has 2 unspecified atom stereocenters. The molecule has 0 saturated carbocycles. The number of methoxy groups -OCH3 is 2. The molecule has 3 rings (SSSR count). The van der Waals surface area contributed by atoms with Crippen LogP contribution in [0, 0.1) is 6.92 Å². The number of urea groups is 1. The lowest BCUT2D eigenvalue weighted by molar-refractivity contribution is -0.171. The predicted molar refractivity (Wildman–Crippen MR) is 129 cm³/mol. The van der Waals surface area contributed by atoms with Crippen LogP contribution in [0.4, 0.5) is 39.9 Å². The minimum atomic E-state index is -5.26. The third kappa shape index (κ3) is 7.43. The van der Waals surface area contributed by atoms with Crippen LogP contribution < -0.4 is 14.8 Å². The molecule has 226 valence electrons. The van der Waals surface area contributed by atoms with Crippen molar-refractivity contribution in [2.24, 2.45) is 0 Å². The van der Waals surface area contributed by atoms with E-state index >= 15 is 0 Å². The molecule has 0 radical (unpaired) electrons. The number of fused-ring (bicyclic) bond motifs is 1. The van der Waals surface area contributed by atoms with Crippen molar-refractivity contribution in [1.29, 1.82) is 0 Å². The Kier molecular flexibility index (Phi) is 9.48. The number of carbonyl (C=O) groups excluding carboxylic acids is 1. The van der Waals surface area contributed by atoms with E-state index in [1.165, 1.54) is 32.7 Å². The van der Waals surface area contributed by atoms with Crippen molar-refractivity contribution in [2.45, 2.75) is 57.6 Å². The van der Waals surface area contributed by atoms with Gasteiger partial charge in [-0.2, -0.15) is 26.3 Å². The van der Waals surface area contributed by atoms with E-state index in [9.17, 15) is 39.9 Å². The molecule has 0 spiro atoms. The topological polar surface area (TPSA) is 93.9 Å². The Bertz CT molecular complexity index is 1360. The third-order valence-electron chi connectivity index (χ3n) is 5.99. The fourth-order valence-electron chi connectivity index (χ4n) is 4.09. The Morgan fingerprint density at radius 1 is 1.10 bits per heavy atom. The number of hydrogen-bond donors (Lipinski definition) is 1. The van der Waals surface area contributed by atoms with Crippen LogP contribution in [-0.2, 0) is 0 Å². The number of nitrogens with one attached hydrogen (secondary N) is 1. The Morgan fingerprint density at radius 3 is 2.32 bits per heavy atom. The molecule has 2 atom stereocenters. The fourth-order valence-corrected chi connectivity index (χ4v) is 4.09. The first-order valence-electron chi connectivity index (χ1n) is 12.0. The number of carbonyl (C=O) groups is 1. The molecule has 0 aromatic carbocycles. The second kappa shape index (κ2) is 12.3. The minimum absolute atomic E-state index is 0.0873. The average Bonchev–Trinajstić information content (AvgIpc) is 3.27.